The number of halogens is 2. The van der Waals surface area contributed by atoms with Gasteiger partial charge in [-0.25, -0.2) is 0 Å². The van der Waals surface area contributed by atoms with Gasteiger partial charge in [-0.2, -0.15) is 0 Å². The number of hydrogen-bond donors (Lipinski definition) is 1. The fourth-order valence-electron chi connectivity index (χ4n) is 2.65. The van der Waals surface area contributed by atoms with Crippen LogP contribution in [0.15, 0.2) is 48.5 Å². The van der Waals surface area contributed by atoms with E-state index in [-0.39, 0.29) is 11.9 Å². The van der Waals surface area contributed by atoms with Gasteiger partial charge in [-0.05, 0) is 35.9 Å². The Morgan fingerprint density at radius 1 is 1.05 bits per heavy atom. The number of nitrogens with zero attached hydrogens (tertiary/aromatic N) is 1. The third kappa shape index (κ3) is 2.64. The summed E-state index contributed by atoms with van der Waals surface area (Å²) in [4.78, 5) is 13.9. The maximum Gasteiger partial charge on any atom is 0.256 e. The molecule has 1 heterocycles. The van der Waals surface area contributed by atoms with Gasteiger partial charge in [-0.3, -0.25) is 4.79 Å². The number of hydrogen-bond acceptors (Lipinski definition) is 2. The van der Waals surface area contributed by atoms with Crippen LogP contribution in [0.5, 0.6) is 0 Å². The van der Waals surface area contributed by atoms with Crippen molar-refractivity contribution < 1.29 is 9.90 Å². The molecule has 1 fully saturated rings. The van der Waals surface area contributed by atoms with Crippen molar-refractivity contribution in [2.24, 2.45) is 0 Å². The summed E-state index contributed by atoms with van der Waals surface area (Å²) < 4.78 is 0. The van der Waals surface area contributed by atoms with Gasteiger partial charge in [0.25, 0.3) is 5.91 Å². The van der Waals surface area contributed by atoms with Gasteiger partial charge >= 0.3 is 0 Å². The van der Waals surface area contributed by atoms with Crippen LogP contribution >= 0.6 is 23.2 Å². The Balaban J connectivity index is 2.05. The third-order valence-corrected chi connectivity index (χ3v) is 4.25. The second-order valence-corrected chi connectivity index (χ2v) is 5.82. The van der Waals surface area contributed by atoms with Gasteiger partial charge < -0.3 is 10.0 Å². The Hall–Kier alpha value is -1.55. The number of rotatable bonds is 2. The van der Waals surface area contributed by atoms with Gasteiger partial charge in [-0.1, -0.05) is 41.4 Å². The first-order valence-corrected chi connectivity index (χ1v) is 7.34. The highest BCUT2D eigenvalue weighted by Crippen LogP contribution is 2.39. The number of aliphatic hydroxyl groups excluding tert-OH is 1. The zero-order valence-corrected chi connectivity index (χ0v) is 12.6. The predicted octanol–water partition coefficient (Wildman–Crippen LogP) is 3.83. The monoisotopic (exact) mass is 321 g/mol. The minimum absolute atomic E-state index is 0.276. The number of carbonyl (C=O) groups is 1. The summed E-state index contributed by atoms with van der Waals surface area (Å²) in [6, 6.07) is 14.1. The zero-order chi connectivity index (χ0) is 15.0. The first-order valence-electron chi connectivity index (χ1n) is 6.59. The van der Waals surface area contributed by atoms with Crippen LogP contribution in [-0.2, 0) is 4.79 Å². The van der Waals surface area contributed by atoms with Crippen LogP contribution in [0, 0.1) is 0 Å². The van der Waals surface area contributed by atoms with Gasteiger partial charge in [0.15, 0.2) is 0 Å². The maximum atomic E-state index is 12.3. The standard InChI is InChI=1S/C16H13Cl2NO2/c17-10-5-7-11(8-6-10)19-14(9-15(20)16(19)21)12-3-1-2-4-13(12)18/h1-8,14-15,20H,9H2/t14-,15+/m1/s1. The minimum Gasteiger partial charge on any atom is -0.383 e. The molecule has 3 rings (SSSR count). The molecule has 0 bridgehead atoms. The van der Waals surface area contributed by atoms with Gasteiger partial charge in [0, 0.05) is 22.2 Å². The van der Waals surface area contributed by atoms with E-state index < -0.39 is 6.10 Å². The molecule has 0 saturated carbocycles. The summed E-state index contributed by atoms with van der Waals surface area (Å²) in [6.45, 7) is 0. The lowest BCUT2D eigenvalue weighted by Gasteiger charge is -2.25. The van der Waals surface area contributed by atoms with E-state index in [1.165, 1.54) is 0 Å². The average molecular weight is 322 g/mol. The molecule has 0 radical (unpaired) electrons. The Morgan fingerprint density at radius 2 is 1.71 bits per heavy atom. The van der Waals surface area contributed by atoms with Crippen LogP contribution in [-0.4, -0.2) is 17.1 Å². The van der Waals surface area contributed by atoms with Crippen molar-refractivity contribution in [2.75, 3.05) is 4.90 Å². The molecule has 1 amide bonds. The van der Waals surface area contributed by atoms with Crippen LogP contribution in [0.4, 0.5) is 5.69 Å². The van der Waals surface area contributed by atoms with Crippen molar-refractivity contribution in [1.29, 1.82) is 0 Å². The van der Waals surface area contributed by atoms with Crippen LogP contribution in [0.2, 0.25) is 10.0 Å². The first kappa shape index (κ1) is 14.4. The second kappa shape index (κ2) is 5.68. The minimum atomic E-state index is -1.01. The first-order chi connectivity index (χ1) is 10.1. The SMILES string of the molecule is O=C1[C@@H](O)C[C@H](c2ccccc2Cl)N1c1ccc(Cl)cc1. The molecule has 21 heavy (non-hydrogen) atoms. The van der Waals surface area contributed by atoms with Gasteiger partial charge in [0.05, 0.1) is 6.04 Å². The zero-order valence-electron chi connectivity index (χ0n) is 11.0. The van der Waals surface area contributed by atoms with Crippen molar-refractivity contribution in [3.8, 4) is 0 Å². The summed E-state index contributed by atoms with van der Waals surface area (Å²) in [5.74, 6) is -0.317. The normalized spacial score (nSPS) is 21.9. The molecule has 0 spiro atoms. The summed E-state index contributed by atoms with van der Waals surface area (Å²) in [6.07, 6.45) is -0.687. The molecule has 5 heteroatoms. The Labute approximate surface area is 132 Å². The number of aliphatic hydroxyl groups is 1. The lowest BCUT2D eigenvalue weighted by molar-refractivity contribution is -0.124. The Kier molecular flexibility index (Phi) is 3.89. The number of benzene rings is 2. The molecule has 1 aliphatic heterocycles. The predicted molar refractivity (Wildman–Crippen MR) is 83.8 cm³/mol. The van der Waals surface area contributed by atoms with Crippen LogP contribution in [0.3, 0.4) is 0 Å². The Bertz CT molecular complexity index is 672. The molecule has 2 aromatic rings. The fourth-order valence-corrected chi connectivity index (χ4v) is 3.04. The molecule has 0 unspecified atom stereocenters. The molecular formula is C16H13Cl2NO2. The van der Waals surface area contributed by atoms with E-state index in [2.05, 4.69) is 0 Å². The highest BCUT2D eigenvalue weighted by Gasteiger charge is 2.40. The van der Waals surface area contributed by atoms with E-state index in [9.17, 15) is 9.90 Å². The van der Waals surface area contributed by atoms with E-state index in [0.29, 0.717) is 22.2 Å². The number of amides is 1. The van der Waals surface area contributed by atoms with Gasteiger partial charge in [-0.15, -0.1) is 0 Å². The van der Waals surface area contributed by atoms with Crippen LogP contribution in [0.25, 0.3) is 0 Å². The quantitative estimate of drug-likeness (QED) is 0.913. The van der Waals surface area contributed by atoms with Crippen molar-refractivity contribution >= 4 is 34.8 Å². The highest BCUT2D eigenvalue weighted by molar-refractivity contribution is 6.31. The molecule has 0 aromatic heterocycles. The van der Waals surface area contributed by atoms with Crippen molar-refractivity contribution in [3.63, 3.8) is 0 Å². The Morgan fingerprint density at radius 3 is 2.38 bits per heavy atom. The lowest BCUT2D eigenvalue weighted by atomic mass is 10.0. The largest absolute Gasteiger partial charge is 0.383 e. The average Bonchev–Trinajstić information content (AvgIpc) is 2.76. The summed E-state index contributed by atoms with van der Waals surface area (Å²) in [5, 5.41) is 11.1. The van der Waals surface area contributed by atoms with Gasteiger partial charge in [0.1, 0.15) is 6.10 Å². The molecule has 2 aromatic carbocycles. The summed E-state index contributed by atoms with van der Waals surface area (Å²) in [5.41, 5.74) is 1.53. The van der Waals surface area contributed by atoms with E-state index >= 15 is 0 Å². The molecular weight excluding hydrogens is 309 g/mol. The van der Waals surface area contributed by atoms with E-state index in [1.807, 2.05) is 18.2 Å². The van der Waals surface area contributed by atoms with Crippen LogP contribution in [0.1, 0.15) is 18.0 Å². The second-order valence-electron chi connectivity index (χ2n) is 4.97. The molecule has 1 aliphatic rings. The topological polar surface area (TPSA) is 40.5 Å². The number of anilines is 1. The molecule has 1 N–H and O–H groups in total. The molecule has 2 atom stereocenters. The molecule has 1 saturated heterocycles. The van der Waals surface area contributed by atoms with Crippen molar-refractivity contribution in [1.82, 2.24) is 0 Å². The van der Waals surface area contributed by atoms with Gasteiger partial charge in [0.2, 0.25) is 0 Å². The van der Waals surface area contributed by atoms with E-state index in [0.717, 1.165) is 5.56 Å². The van der Waals surface area contributed by atoms with E-state index in [1.54, 1.807) is 35.2 Å². The van der Waals surface area contributed by atoms with Crippen molar-refractivity contribution in [3.05, 3.63) is 64.1 Å². The summed E-state index contributed by atoms with van der Waals surface area (Å²) in [7, 11) is 0. The maximum absolute atomic E-state index is 12.3. The fraction of sp³-hybridized carbons (Fsp3) is 0.188. The third-order valence-electron chi connectivity index (χ3n) is 3.65. The van der Waals surface area contributed by atoms with Crippen LogP contribution < -0.4 is 4.90 Å². The highest BCUT2D eigenvalue weighted by atomic mass is 35.5. The number of carbonyl (C=O) groups excluding carboxylic acids is 1. The lowest BCUT2D eigenvalue weighted by Crippen LogP contribution is -2.30. The molecule has 3 nitrogen and oxygen atoms in total. The van der Waals surface area contributed by atoms with Crippen molar-refractivity contribution in [2.45, 2.75) is 18.6 Å². The smallest absolute Gasteiger partial charge is 0.256 e. The summed E-state index contributed by atoms with van der Waals surface area (Å²) >= 11 is 12.1. The molecule has 108 valence electrons. The molecule has 0 aliphatic carbocycles. The van der Waals surface area contributed by atoms with E-state index in [4.69, 9.17) is 23.2 Å².